The maximum atomic E-state index is 12.5. The Balaban J connectivity index is 1.84. The van der Waals surface area contributed by atoms with Gasteiger partial charge in [-0.1, -0.05) is 36.4 Å². The first-order valence-corrected chi connectivity index (χ1v) is 9.12. The summed E-state index contributed by atoms with van der Waals surface area (Å²) in [5, 5.41) is 7.32. The van der Waals surface area contributed by atoms with E-state index in [9.17, 15) is 4.79 Å². The van der Waals surface area contributed by atoms with E-state index in [1.54, 1.807) is 7.05 Å². The Labute approximate surface area is 153 Å². The van der Waals surface area contributed by atoms with E-state index in [0.717, 1.165) is 37.1 Å². The second-order valence-corrected chi connectivity index (χ2v) is 6.63. The summed E-state index contributed by atoms with van der Waals surface area (Å²) in [6, 6.07) is 18.7. The molecule has 1 aromatic heterocycles. The van der Waals surface area contributed by atoms with Crippen LogP contribution in [0.5, 0.6) is 0 Å². The van der Waals surface area contributed by atoms with Gasteiger partial charge in [0.25, 0.3) is 5.91 Å². The summed E-state index contributed by atoms with van der Waals surface area (Å²) in [4.78, 5) is 14.9. The summed E-state index contributed by atoms with van der Waals surface area (Å²) in [5.74, 6) is -0.0524. The molecule has 26 heavy (non-hydrogen) atoms. The summed E-state index contributed by atoms with van der Waals surface area (Å²) in [6.07, 6.45) is 0. The van der Waals surface area contributed by atoms with Gasteiger partial charge >= 0.3 is 0 Å². The number of rotatable bonds is 4. The first-order valence-electron chi connectivity index (χ1n) is 9.12. The Kier molecular flexibility index (Phi) is 4.63. The van der Waals surface area contributed by atoms with Crippen LogP contribution in [0.4, 0.5) is 5.69 Å². The van der Waals surface area contributed by atoms with Crippen molar-refractivity contribution >= 4 is 22.5 Å². The van der Waals surface area contributed by atoms with Gasteiger partial charge in [-0.05, 0) is 23.8 Å². The van der Waals surface area contributed by atoms with Gasteiger partial charge in [0, 0.05) is 50.8 Å². The zero-order valence-electron chi connectivity index (χ0n) is 15.0. The molecule has 2 aromatic carbocycles. The fraction of sp³-hybridized carbons (Fsp3) is 0.286. The molecule has 0 spiro atoms. The van der Waals surface area contributed by atoms with Crippen LogP contribution in [0, 0.1) is 0 Å². The number of aromatic nitrogens is 1. The molecule has 1 amide bonds. The lowest BCUT2D eigenvalue weighted by atomic mass is 10.1. The van der Waals surface area contributed by atoms with Gasteiger partial charge < -0.3 is 20.1 Å². The largest absolute Gasteiger partial charge is 0.368 e. The predicted molar refractivity (Wildman–Crippen MR) is 106 cm³/mol. The van der Waals surface area contributed by atoms with Crippen molar-refractivity contribution in [3.63, 3.8) is 0 Å². The number of fused-ring (bicyclic) bond motifs is 1. The fourth-order valence-corrected chi connectivity index (χ4v) is 3.70. The van der Waals surface area contributed by atoms with E-state index in [1.165, 1.54) is 11.3 Å². The van der Waals surface area contributed by atoms with E-state index < -0.39 is 0 Å². The van der Waals surface area contributed by atoms with Crippen LogP contribution in [-0.2, 0) is 6.54 Å². The van der Waals surface area contributed by atoms with Gasteiger partial charge in [-0.25, -0.2) is 0 Å². The number of piperazine rings is 1. The predicted octanol–water partition coefficient (Wildman–Crippen LogP) is 2.46. The number of amides is 1. The van der Waals surface area contributed by atoms with Gasteiger partial charge in [-0.2, -0.15) is 0 Å². The van der Waals surface area contributed by atoms with E-state index in [4.69, 9.17) is 0 Å². The lowest BCUT2D eigenvalue weighted by Gasteiger charge is -2.30. The van der Waals surface area contributed by atoms with E-state index in [2.05, 4.69) is 50.4 Å². The van der Waals surface area contributed by atoms with Crippen LogP contribution in [-0.4, -0.2) is 43.7 Å². The van der Waals surface area contributed by atoms with Gasteiger partial charge in [0.2, 0.25) is 0 Å². The highest BCUT2D eigenvalue weighted by Crippen LogP contribution is 2.31. The highest BCUT2D eigenvalue weighted by molar-refractivity contribution is 6.02. The second-order valence-electron chi connectivity index (χ2n) is 6.63. The SMILES string of the molecule is CNC(=O)c1cc2c(N3CCNCC3)cccc2n1Cc1ccccc1. The summed E-state index contributed by atoms with van der Waals surface area (Å²) in [6.45, 7) is 4.63. The lowest BCUT2D eigenvalue weighted by molar-refractivity contribution is 0.0955. The molecule has 0 atom stereocenters. The van der Waals surface area contributed by atoms with Crippen LogP contribution in [0.25, 0.3) is 10.9 Å². The van der Waals surface area contributed by atoms with Gasteiger partial charge in [0.15, 0.2) is 0 Å². The monoisotopic (exact) mass is 348 g/mol. The highest BCUT2D eigenvalue weighted by atomic mass is 16.1. The van der Waals surface area contributed by atoms with Gasteiger partial charge in [0.05, 0.1) is 5.52 Å². The Bertz CT molecular complexity index is 910. The molecular weight excluding hydrogens is 324 g/mol. The second kappa shape index (κ2) is 7.22. The lowest BCUT2D eigenvalue weighted by Crippen LogP contribution is -2.43. The summed E-state index contributed by atoms with van der Waals surface area (Å²) >= 11 is 0. The third kappa shape index (κ3) is 3.06. The van der Waals surface area contributed by atoms with Crippen LogP contribution in [0.3, 0.4) is 0 Å². The van der Waals surface area contributed by atoms with E-state index in [-0.39, 0.29) is 5.91 Å². The molecule has 1 aliphatic rings. The van der Waals surface area contributed by atoms with Crippen molar-refractivity contribution in [2.45, 2.75) is 6.54 Å². The van der Waals surface area contributed by atoms with E-state index in [0.29, 0.717) is 12.2 Å². The number of anilines is 1. The van der Waals surface area contributed by atoms with Crippen LogP contribution in [0.1, 0.15) is 16.1 Å². The topological polar surface area (TPSA) is 49.3 Å². The van der Waals surface area contributed by atoms with Crippen molar-refractivity contribution in [3.8, 4) is 0 Å². The van der Waals surface area contributed by atoms with Crippen LogP contribution < -0.4 is 15.5 Å². The molecule has 134 valence electrons. The van der Waals surface area contributed by atoms with E-state index in [1.807, 2.05) is 24.3 Å². The molecule has 5 nitrogen and oxygen atoms in total. The minimum absolute atomic E-state index is 0.0524. The van der Waals surface area contributed by atoms with Crippen LogP contribution in [0.2, 0.25) is 0 Å². The number of carbonyl (C=O) groups excluding carboxylic acids is 1. The average Bonchev–Trinajstić information content (AvgIpc) is 3.07. The number of hydrogen-bond acceptors (Lipinski definition) is 3. The number of nitrogens with one attached hydrogen (secondary N) is 2. The Morgan fingerprint density at radius 3 is 2.58 bits per heavy atom. The zero-order chi connectivity index (χ0) is 17.9. The Hall–Kier alpha value is -2.79. The minimum Gasteiger partial charge on any atom is -0.368 e. The van der Waals surface area contributed by atoms with Crippen LogP contribution >= 0.6 is 0 Å². The summed E-state index contributed by atoms with van der Waals surface area (Å²) in [5.41, 5.74) is 4.20. The van der Waals surface area contributed by atoms with Crippen molar-refractivity contribution in [2.24, 2.45) is 0 Å². The number of hydrogen-bond donors (Lipinski definition) is 2. The summed E-state index contributed by atoms with van der Waals surface area (Å²) in [7, 11) is 1.68. The van der Waals surface area contributed by atoms with Crippen molar-refractivity contribution in [3.05, 3.63) is 65.9 Å². The standard InChI is InChI=1S/C21H24N4O/c1-22-21(26)20-14-17-18(24-12-10-23-11-13-24)8-5-9-19(17)25(20)15-16-6-3-2-4-7-16/h2-9,14,23H,10-13,15H2,1H3,(H,22,26). The third-order valence-electron chi connectivity index (χ3n) is 5.02. The van der Waals surface area contributed by atoms with Gasteiger partial charge in [-0.3, -0.25) is 4.79 Å². The highest BCUT2D eigenvalue weighted by Gasteiger charge is 2.19. The van der Waals surface area contributed by atoms with Crippen LogP contribution in [0.15, 0.2) is 54.6 Å². The molecule has 2 N–H and O–H groups in total. The molecule has 2 heterocycles. The third-order valence-corrected chi connectivity index (χ3v) is 5.02. The molecule has 0 saturated carbocycles. The Morgan fingerprint density at radius 1 is 1.08 bits per heavy atom. The maximum Gasteiger partial charge on any atom is 0.267 e. The van der Waals surface area contributed by atoms with Crippen molar-refractivity contribution in [1.29, 1.82) is 0 Å². The molecule has 1 fully saturated rings. The number of carbonyl (C=O) groups is 1. The summed E-state index contributed by atoms with van der Waals surface area (Å²) < 4.78 is 2.12. The molecule has 3 aromatic rings. The van der Waals surface area contributed by atoms with Gasteiger partial charge in [-0.15, -0.1) is 0 Å². The normalized spacial score (nSPS) is 14.6. The molecule has 0 unspecified atom stereocenters. The Morgan fingerprint density at radius 2 is 1.85 bits per heavy atom. The zero-order valence-corrected chi connectivity index (χ0v) is 15.0. The molecule has 0 aliphatic carbocycles. The molecule has 5 heteroatoms. The molecule has 0 bridgehead atoms. The molecular formula is C21H24N4O. The van der Waals surface area contributed by atoms with Crippen molar-refractivity contribution < 1.29 is 4.79 Å². The quantitative estimate of drug-likeness (QED) is 0.761. The maximum absolute atomic E-state index is 12.5. The van der Waals surface area contributed by atoms with Gasteiger partial charge in [0.1, 0.15) is 5.69 Å². The van der Waals surface area contributed by atoms with Crippen molar-refractivity contribution in [1.82, 2.24) is 15.2 Å². The van der Waals surface area contributed by atoms with E-state index >= 15 is 0 Å². The average molecular weight is 348 g/mol. The van der Waals surface area contributed by atoms with Crippen molar-refractivity contribution in [2.75, 3.05) is 38.1 Å². The number of benzene rings is 2. The molecule has 0 radical (unpaired) electrons. The smallest absolute Gasteiger partial charge is 0.267 e. The fourth-order valence-electron chi connectivity index (χ4n) is 3.70. The first-order chi connectivity index (χ1) is 12.8. The first kappa shape index (κ1) is 16.7. The molecule has 1 aliphatic heterocycles. The molecule has 1 saturated heterocycles. The minimum atomic E-state index is -0.0524. The number of nitrogens with zero attached hydrogens (tertiary/aromatic N) is 2. The molecule has 4 rings (SSSR count).